The molecule has 3 amide bonds. The number of anilines is 1. The van der Waals surface area contributed by atoms with E-state index in [1.807, 2.05) is 0 Å². The van der Waals surface area contributed by atoms with E-state index in [1.165, 1.54) is 12.1 Å². The van der Waals surface area contributed by atoms with Crippen molar-refractivity contribution >= 4 is 40.8 Å². The molecular weight excluding hydrogens is 444 g/mol. The number of primary amides is 1. The van der Waals surface area contributed by atoms with Crippen LogP contribution in [0.3, 0.4) is 0 Å². The SMILES string of the molecule is NC(=O)Cc1c(-c2cccc(F)c2)nn2c1CN(C(=O)Nc1ccc(Cl)cc1Cl)CC2. The predicted molar refractivity (Wildman–Crippen MR) is 116 cm³/mol. The number of benzene rings is 2. The molecule has 4 rings (SSSR count). The van der Waals surface area contributed by atoms with Crippen molar-refractivity contribution in [3.05, 3.63) is 69.6 Å². The second-order valence-corrected chi connectivity index (χ2v) is 7.97. The van der Waals surface area contributed by atoms with Gasteiger partial charge < -0.3 is 16.0 Å². The standard InChI is InChI=1S/C21H18Cl2FN5O2/c22-13-4-5-17(16(23)9-13)26-21(31)28-6-7-29-18(11-28)15(10-19(25)30)20(27-29)12-2-1-3-14(24)8-12/h1-5,8-9H,6-7,10-11H2,(H2,25,30)(H,26,31). The lowest BCUT2D eigenvalue weighted by Gasteiger charge is -2.28. The molecule has 10 heteroatoms. The van der Waals surface area contributed by atoms with Crippen LogP contribution in [-0.4, -0.2) is 33.2 Å². The van der Waals surface area contributed by atoms with Gasteiger partial charge in [-0.15, -0.1) is 0 Å². The summed E-state index contributed by atoms with van der Waals surface area (Å²) >= 11 is 12.0. The van der Waals surface area contributed by atoms with Crippen molar-refractivity contribution < 1.29 is 14.0 Å². The van der Waals surface area contributed by atoms with Gasteiger partial charge in [0.1, 0.15) is 5.82 Å². The molecule has 0 saturated carbocycles. The van der Waals surface area contributed by atoms with Crippen LogP contribution in [0.25, 0.3) is 11.3 Å². The van der Waals surface area contributed by atoms with Crippen molar-refractivity contribution in [3.63, 3.8) is 0 Å². The fourth-order valence-corrected chi connectivity index (χ4v) is 4.01. The number of aromatic nitrogens is 2. The van der Waals surface area contributed by atoms with Crippen LogP contribution in [0.4, 0.5) is 14.9 Å². The Labute approximate surface area is 187 Å². The molecule has 0 saturated heterocycles. The van der Waals surface area contributed by atoms with Gasteiger partial charge >= 0.3 is 6.03 Å². The van der Waals surface area contributed by atoms with E-state index in [1.54, 1.807) is 39.9 Å². The summed E-state index contributed by atoms with van der Waals surface area (Å²) in [5.74, 6) is -0.947. The largest absolute Gasteiger partial charge is 0.369 e. The number of nitrogens with zero attached hydrogens (tertiary/aromatic N) is 3. The van der Waals surface area contributed by atoms with Crippen molar-refractivity contribution in [2.24, 2.45) is 5.73 Å². The highest BCUT2D eigenvalue weighted by Gasteiger charge is 2.28. The molecule has 0 fully saturated rings. The molecule has 0 bridgehead atoms. The highest BCUT2D eigenvalue weighted by Crippen LogP contribution is 2.30. The van der Waals surface area contributed by atoms with Gasteiger partial charge in [-0.1, -0.05) is 35.3 Å². The van der Waals surface area contributed by atoms with E-state index in [-0.39, 0.29) is 19.0 Å². The maximum atomic E-state index is 13.8. The first-order valence-electron chi connectivity index (χ1n) is 9.45. The quantitative estimate of drug-likeness (QED) is 0.612. The zero-order valence-electron chi connectivity index (χ0n) is 16.2. The first kappa shape index (κ1) is 21.1. The van der Waals surface area contributed by atoms with Gasteiger partial charge in [0.25, 0.3) is 0 Å². The fourth-order valence-electron chi connectivity index (χ4n) is 3.56. The third kappa shape index (κ3) is 4.50. The number of fused-ring (bicyclic) bond motifs is 1. The Morgan fingerprint density at radius 2 is 1.97 bits per heavy atom. The van der Waals surface area contributed by atoms with Crippen LogP contribution in [0.2, 0.25) is 10.0 Å². The predicted octanol–water partition coefficient (Wildman–Crippen LogP) is 4.07. The van der Waals surface area contributed by atoms with E-state index in [2.05, 4.69) is 10.4 Å². The molecule has 31 heavy (non-hydrogen) atoms. The Hall–Kier alpha value is -3.10. The van der Waals surface area contributed by atoms with Gasteiger partial charge in [-0.2, -0.15) is 5.10 Å². The molecule has 2 heterocycles. The summed E-state index contributed by atoms with van der Waals surface area (Å²) in [6, 6.07) is 10.4. The molecule has 1 aromatic heterocycles. The molecule has 160 valence electrons. The van der Waals surface area contributed by atoms with Crippen LogP contribution in [0.15, 0.2) is 42.5 Å². The third-order valence-electron chi connectivity index (χ3n) is 5.00. The Morgan fingerprint density at radius 1 is 1.16 bits per heavy atom. The Balaban J connectivity index is 1.63. The third-order valence-corrected chi connectivity index (χ3v) is 5.55. The Morgan fingerprint density at radius 3 is 2.68 bits per heavy atom. The molecule has 0 unspecified atom stereocenters. The summed E-state index contributed by atoms with van der Waals surface area (Å²) in [7, 11) is 0. The van der Waals surface area contributed by atoms with Gasteiger partial charge in [-0.05, 0) is 30.3 Å². The van der Waals surface area contributed by atoms with E-state index in [0.717, 1.165) is 0 Å². The highest BCUT2D eigenvalue weighted by atomic mass is 35.5. The minimum atomic E-state index is -0.539. The molecule has 0 atom stereocenters. The molecule has 0 radical (unpaired) electrons. The van der Waals surface area contributed by atoms with Crippen molar-refractivity contribution in [1.29, 1.82) is 0 Å². The highest BCUT2D eigenvalue weighted by molar-refractivity contribution is 6.36. The number of carbonyl (C=O) groups is 2. The average molecular weight is 462 g/mol. The summed E-state index contributed by atoms with van der Waals surface area (Å²) in [6.45, 7) is 1.02. The number of amides is 3. The number of halogens is 3. The number of nitrogens with two attached hydrogens (primary N) is 1. The monoisotopic (exact) mass is 461 g/mol. The summed E-state index contributed by atoms with van der Waals surface area (Å²) in [5.41, 5.74) is 8.18. The van der Waals surface area contributed by atoms with Gasteiger partial charge in [0.05, 0.1) is 41.6 Å². The van der Waals surface area contributed by atoms with Crippen molar-refractivity contribution in [1.82, 2.24) is 14.7 Å². The number of hydrogen-bond acceptors (Lipinski definition) is 3. The molecule has 0 spiro atoms. The molecule has 3 aromatic rings. The normalized spacial score (nSPS) is 13.1. The van der Waals surface area contributed by atoms with Gasteiger partial charge in [0, 0.05) is 22.7 Å². The van der Waals surface area contributed by atoms with Crippen LogP contribution in [0.1, 0.15) is 11.3 Å². The van der Waals surface area contributed by atoms with Crippen LogP contribution in [0.5, 0.6) is 0 Å². The first-order chi connectivity index (χ1) is 14.8. The second kappa shape index (κ2) is 8.56. The van der Waals surface area contributed by atoms with E-state index in [0.29, 0.717) is 51.3 Å². The van der Waals surface area contributed by atoms with Crippen LogP contribution in [-0.2, 0) is 24.3 Å². The number of hydrogen-bond donors (Lipinski definition) is 2. The molecule has 2 aromatic carbocycles. The van der Waals surface area contributed by atoms with E-state index < -0.39 is 11.7 Å². The van der Waals surface area contributed by atoms with Gasteiger partial charge in [0.15, 0.2) is 0 Å². The van der Waals surface area contributed by atoms with E-state index in [4.69, 9.17) is 28.9 Å². The van der Waals surface area contributed by atoms with Gasteiger partial charge in [-0.25, -0.2) is 9.18 Å². The minimum Gasteiger partial charge on any atom is -0.369 e. The summed E-state index contributed by atoms with van der Waals surface area (Å²) in [6.07, 6.45) is -0.0698. The summed E-state index contributed by atoms with van der Waals surface area (Å²) in [5, 5.41) is 8.12. The zero-order valence-corrected chi connectivity index (χ0v) is 17.8. The molecule has 0 aliphatic carbocycles. The number of nitrogens with one attached hydrogen (secondary N) is 1. The molecular formula is C21H18Cl2FN5O2. The van der Waals surface area contributed by atoms with Crippen molar-refractivity contribution in [2.75, 3.05) is 11.9 Å². The van der Waals surface area contributed by atoms with Gasteiger partial charge in [-0.3, -0.25) is 9.48 Å². The van der Waals surface area contributed by atoms with Gasteiger partial charge in [0.2, 0.25) is 5.91 Å². The maximum Gasteiger partial charge on any atom is 0.322 e. The van der Waals surface area contributed by atoms with Crippen LogP contribution in [0, 0.1) is 5.82 Å². The number of urea groups is 1. The van der Waals surface area contributed by atoms with E-state index >= 15 is 0 Å². The summed E-state index contributed by atoms with van der Waals surface area (Å²) in [4.78, 5) is 26.1. The molecule has 3 N–H and O–H groups in total. The number of carbonyl (C=O) groups excluding carboxylic acids is 2. The summed E-state index contributed by atoms with van der Waals surface area (Å²) < 4.78 is 15.5. The average Bonchev–Trinajstić information content (AvgIpc) is 3.07. The zero-order chi connectivity index (χ0) is 22.1. The Kier molecular flexibility index (Phi) is 5.84. The molecule has 1 aliphatic heterocycles. The maximum absolute atomic E-state index is 13.8. The first-order valence-corrected chi connectivity index (χ1v) is 10.2. The smallest absolute Gasteiger partial charge is 0.322 e. The topological polar surface area (TPSA) is 93.2 Å². The number of rotatable bonds is 4. The van der Waals surface area contributed by atoms with E-state index in [9.17, 15) is 14.0 Å². The lowest BCUT2D eigenvalue weighted by Crippen LogP contribution is -2.41. The molecule has 1 aliphatic rings. The molecule has 7 nitrogen and oxygen atoms in total. The fraction of sp³-hybridized carbons (Fsp3) is 0.190. The van der Waals surface area contributed by atoms with Crippen LogP contribution < -0.4 is 11.1 Å². The Bertz CT molecular complexity index is 1180. The van der Waals surface area contributed by atoms with Crippen molar-refractivity contribution in [2.45, 2.75) is 19.5 Å². The van der Waals surface area contributed by atoms with Crippen LogP contribution >= 0.6 is 23.2 Å². The second-order valence-electron chi connectivity index (χ2n) is 7.13. The minimum absolute atomic E-state index is 0.0698. The van der Waals surface area contributed by atoms with Crippen molar-refractivity contribution in [3.8, 4) is 11.3 Å². The lowest BCUT2D eigenvalue weighted by atomic mass is 10.0. The lowest BCUT2D eigenvalue weighted by molar-refractivity contribution is -0.117.